The van der Waals surface area contributed by atoms with Crippen molar-refractivity contribution in [3.8, 4) is 0 Å². The standard InChI is InChI=1S/C17H25BrN2O/c18-15-4-1-3-14(13-15)7-8-19-9-11-20(12-10-19)16-5-2-6-17(16)21/h1,3-4,13,16-17,21H,2,5-12H2/t16-,17-/m0/s1. The van der Waals surface area contributed by atoms with Gasteiger partial charge < -0.3 is 10.0 Å². The van der Waals surface area contributed by atoms with Gasteiger partial charge in [0.2, 0.25) is 0 Å². The Hall–Kier alpha value is -0.420. The van der Waals surface area contributed by atoms with Crippen molar-refractivity contribution in [1.82, 2.24) is 9.80 Å². The van der Waals surface area contributed by atoms with E-state index in [0.717, 1.165) is 45.6 Å². The number of halogens is 1. The van der Waals surface area contributed by atoms with E-state index >= 15 is 0 Å². The fourth-order valence-corrected chi connectivity index (χ4v) is 4.09. The van der Waals surface area contributed by atoms with E-state index in [9.17, 15) is 5.11 Å². The summed E-state index contributed by atoms with van der Waals surface area (Å²) in [6.07, 6.45) is 4.39. The normalized spacial score (nSPS) is 28.1. The Morgan fingerprint density at radius 3 is 2.62 bits per heavy atom. The molecule has 21 heavy (non-hydrogen) atoms. The van der Waals surface area contributed by atoms with Crippen molar-refractivity contribution in [1.29, 1.82) is 0 Å². The van der Waals surface area contributed by atoms with Crippen molar-refractivity contribution in [2.24, 2.45) is 0 Å². The summed E-state index contributed by atoms with van der Waals surface area (Å²) < 4.78 is 1.17. The number of aliphatic hydroxyl groups excluding tert-OH is 1. The van der Waals surface area contributed by atoms with Crippen LogP contribution < -0.4 is 0 Å². The second-order valence-corrected chi connectivity index (χ2v) is 7.24. The second-order valence-electron chi connectivity index (χ2n) is 6.32. The topological polar surface area (TPSA) is 26.7 Å². The van der Waals surface area contributed by atoms with E-state index < -0.39 is 0 Å². The third kappa shape index (κ3) is 4.07. The minimum Gasteiger partial charge on any atom is -0.391 e. The SMILES string of the molecule is O[C@H]1CCC[C@@H]1N1CCN(CCc2cccc(Br)c2)CC1. The van der Waals surface area contributed by atoms with Gasteiger partial charge >= 0.3 is 0 Å². The van der Waals surface area contributed by atoms with Gasteiger partial charge in [0.25, 0.3) is 0 Å². The molecule has 0 unspecified atom stereocenters. The molecular formula is C17H25BrN2O. The predicted molar refractivity (Wildman–Crippen MR) is 89.5 cm³/mol. The highest BCUT2D eigenvalue weighted by molar-refractivity contribution is 9.10. The van der Waals surface area contributed by atoms with Crippen LogP contribution >= 0.6 is 15.9 Å². The third-order valence-electron chi connectivity index (χ3n) is 4.93. The summed E-state index contributed by atoms with van der Waals surface area (Å²) in [7, 11) is 0. The molecular weight excluding hydrogens is 328 g/mol. The van der Waals surface area contributed by atoms with Gasteiger partial charge in [0.1, 0.15) is 0 Å². The molecule has 3 rings (SSSR count). The molecule has 0 amide bonds. The predicted octanol–water partition coefficient (Wildman–Crippen LogP) is 2.52. The van der Waals surface area contributed by atoms with Crippen molar-refractivity contribution >= 4 is 15.9 Å². The summed E-state index contributed by atoms with van der Waals surface area (Å²) in [5, 5.41) is 10.0. The molecule has 0 radical (unpaired) electrons. The second kappa shape index (κ2) is 7.23. The number of rotatable bonds is 4. The van der Waals surface area contributed by atoms with Crippen LogP contribution in [0.4, 0.5) is 0 Å². The third-order valence-corrected chi connectivity index (χ3v) is 5.42. The molecule has 0 bridgehead atoms. The van der Waals surface area contributed by atoms with E-state index in [-0.39, 0.29) is 6.10 Å². The molecule has 1 N–H and O–H groups in total. The van der Waals surface area contributed by atoms with E-state index in [1.165, 1.54) is 22.9 Å². The van der Waals surface area contributed by atoms with Gasteiger partial charge in [0.15, 0.2) is 0 Å². The Bertz CT molecular complexity index is 460. The largest absolute Gasteiger partial charge is 0.391 e. The molecule has 1 aliphatic heterocycles. The Kier molecular flexibility index (Phi) is 5.33. The van der Waals surface area contributed by atoms with Crippen LogP contribution in [0.5, 0.6) is 0 Å². The van der Waals surface area contributed by atoms with E-state index in [1.807, 2.05) is 0 Å². The van der Waals surface area contributed by atoms with Crippen LogP contribution in [0.15, 0.2) is 28.7 Å². The lowest BCUT2D eigenvalue weighted by atomic mass is 10.1. The lowest BCUT2D eigenvalue weighted by Crippen LogP contribution is -2.52. The molecule has 116 valence electrons. The number of hydrogen-bond donors (Lipinski definition) is 1. The van der Waals surface area contributed by atoms with E-state index in [1.54, 1.807) is 0 Å². The summed E-state index contributed by atoms with van der Waals surface area (Å²) in [5.74, 6) is 0. The molecule has 1 saturated heterocycles. The molecule has 1 aromatic rings. The summed E-state index contributed by atoms with van der Waals surface area (Å²) in [6.45, 7) is 5.63. The maximum absolute atomic E-state index is 10.0. The van der Waals surface area contributed by atoms with Crippen LogP contribution in [0, 0.1) is 0 Å². The first-order chi connectivity index (χ1) is 10.2. The first-order valence-electron chi connectivity index (χ1n) is 8.11. The van der Waals surface area contributed by atoms with E-state index in [2.05, 4.69) is 50.0 Å². The molecule has 0 spiro atoms. The number of nitrogens with zero attached hydrogens (tertiary/aromatic N) is 2. The molecule has 1 heterocycles. The molecule has 4 heteroatoms. The molecule has 2 atom stereocenters. The zero-order chi connectivity index (χ0) is 14.7. The van der Waals surface area contributed by atoms with Gasteiger partial charge in [-0.25, -0.2) is 0 Å². The molecule has 1 aromatic carbocycles. The quantitative estimate of drug-likeness (QED) is 0.901. The Morgan fingerprint density at radius 2 is 1.95 bits per heavy atom. The van der Waals surface area contributed by atoms with Crippen molar-refractivity contribution in [3.63, 3.8) is 0 Å². The van der Waals surface area contributed by atoms with Gasteiger partial charge in [-0.05, 0) is 43.4 Å². The van der Waals surface area contributed by atoms with E-state index in [4.69, 9.17) is 0 Å². The van der Waals surface area contributed by atoms with Crippen LogP contribution in [-0.4, -0.2) is 59.8 Å². The van der Waals surface area contributed by atoms with Gasteiger partial charge in [-0.15, -0.1) is 0 Å². The first kappa shape index (κ1) is 15.5. The number of piperazine rings is 1. The Labute approximate surface area is 136 Å². The van der Waals surface area contributed by atoms with Crippen LogP contribution in [0.1, 0.15) is 24.8 Å². The molecule has 2 aliphatic rings. The number of aliphatic hydroxyl groups is 1. The van der Waals surface area contributed by atoms with Gasteiger partial charge in [-0.1, -0.05) is 28.1 Å². The molecule has 1 saturated carbocycles. The average molecular weight is 353 g/mol. The van der Waals surface area contributed by atoms with Gasteiger partial charge in [0.05, 0.1) is 6.10 Å². The fraction of sp³-hybridized carbons (Fsp3) is 0.647. The van der Waals surface area contributed by atoms with Crippen molar-refractivity contribution in [3.05, 3.63) is 34.3 Å². The molecule has 1 aliphatic carbocycles. The van der Waals surface area contributed by atoms with Gasteiger partial charge in [-0.3, -0.25) is 4.90 Å². The first-order valence-corrected chi connectivity index (χ1v) is 8.90. The monoisotopic (exact) mass is 352 g/mol. The highest BCUT2D eigenvalue weighted by Gasteiger charge is 2.32. The van der Waals surface area contributed by atoms with Gasteiger partial charge in [0, 0.05) is 43.2 Å². The summed E-state index contributed by atoms with van der Waals surface area (Å²) in [6, 6.07) is 9.03. The van der Waals surface area contributed by atoms with Crippen molar-refractivity contribution in [2.45, 2.75) is 37.8 Å². The van der Waals surface area contributed by atoms with Crippen LogP contribution in [0.25, 0.3) is 0 Å². The fourth-order valence-electron chi connectivity index (χ4n) is 3.65. The van der Waals surface area contributed by atoms with Gasteiger partial charge in [-0.2, -0.15) is 0 Å². The summed E-state index contributed by atoms with van der Waals surface area (Å²) in [4.78, 5) is 5.06. The number of benzene rings is 1. The zero-order valence-corrected chi connectivity index (χ0v) is 14.1. The smallest absolute Gasteiger partial charge is 0.0695 e. The highest BCUT2D eigenvalue weighted by Crippen LogP contribution is 2.25. The van der Waals surface area contributed by atoms with Crippen LogP contribution in [0.2, 0.25) is 0 Å². The van der Waals surface area contributed by atoms with E-state index in [0.29, 0.717) is 6.04 Å². The number of hydrogen-bond acceptors (Lipinski definition) is 3. The Morgan fingerprint density at radius 1 is 1.14 bits per heavy atom. The lowest BCUT2D eigenvalue weighted by molar-refractivity contribution is 0.0358. The molecule has 3 nitrogen and oxygen atoms in total. The zero-order valence-electron chi connectivity index (χ0n) is 12.5. The van der Waals surface area contributed by atoms with Crippen molar-refractivity contribution in [2.75, 3.05) is 32.7 Å². The maximum Gasteiger partial charge on any atom is 0.0695 e. The molecule has 0 aromatic heterocycles. The van der Waals surface area contributed by atoms with Crippen LogP contribution in [0.3, 0.4) is 0 Å². The summed E-state index contributed by atoms with van der Waals surface area (Å²) in [5.41, 5.74) is 1.40. The summed E-state index contributed by atoms with van der Waals surface area (Å²) >= 11 is 3.54. The lowest BCUT2D eigenvalue weighted by Gasteiger charge is -2.39. The molecule has 2 fully saturated rings. The van der Waals surface area contributed by atoms with Crippen molar-refractivity contribution < 1.29 is 5.11 Å². The average Bonchev–Trinajstić information content (AvgIpc) is 2.92. The maximum atomic E-state index is 10.0. The Balaban J connectivity index is 1.43. The minimum atomic E-state index is -0.0850. The van der Waals surface area contributed by atoms with Crippen LogP contribution in [-0.2, 0) is 6.42 Å². The minimum absolute atomic E-state index is 0.0850. The highest BCUT2D eigenvalue weighted by atomic mass is 79.9.